The third kappa shape index (κ3) is 3.41. The number of fused-ring (bicyclic) bond motifs is 1. The lowest BCUT2D eigenvalue weighted by molar-refractivity contribution is 0.384. The maximum absolute atomic E-state index is 13.8. The molecule has 1 N–H and O–H groups in total. The normalized spacial score (nSPS) is 11.0. The van der Waals surface area contributed by atoms with E-state index in [2.05, 4.69) is 20.4 Å². The van der Waals surface area contributed by atoms with E-state index in [0.717, 1.165) is 5.69 Å². The number of pyridine rings is 1. The highest BCUT2D eigenvalue weighted by atomic mass is 19.1. The van der Waals surface area contributed by atoms with Gasteiger partial charge in [0.1, 0.15) is 5.65 Å². The Kier molecular flexibility index (Phi) is 4.48. The lowest BCUT2D eigenvalue weighted by Crippen LogP contribution is -2.20. The van der Waals surface area contributed by atoms with Gasteiger partial charge in [-0.05, 0) is 25.1 Å². The van der Waals surface area contributed by atoms with Crippen molar-refractivity contribution in [2.45, 2.75) is 13.5 Å². The van der Waals surface area contributed by atoms with Crippen LogP contribution in [0.1, 0.15) is 11.5 Å². The molecule has 0 saturated heterocycles. The highest BCUT2D eigenvalue weighted by Gasteiger charge is 2.13. The van der Waals surface area contributed by atoms with Gasteiger partial charge in [-0.1, -0.05) is 17.3 Å². The molecule has 0 atom stereocenters. The van der Waals surface area contributed by atoms with Gasteiger partial charge in [0, 0.05) is 24.7 Å². The van der Waals surface area contributed by atoms with Gasteiger partial charge in [0.2, 0.25) is 5.95 Å². The van der Waals surface area contributed by atoms with Crippen molar-refractivity contribution < 1.29 is 13.7 Å². The first-order valence-electron chi connectivity index (χ1n) is 8.46. The molecule has 0 spiro atoms. The summed E-state index contributed by atoms with van der Waals surface area (Å²) in [5, 5.41) is 7.41. The van der Waals surface area contributed by atoms with Gasteiger partial charge in [0.05, 0.1) is 12.2 Å². The summed E-state index contributed by atoms with van der Waals surface area (Å²) in [6, 6.07) is 9.18. The molecule has 0 fully saturated rings. The van der Waals surface area contributed by atoms with Crippen LogP contribution >= 0.6 is 0 Å². The molecular formula is C19H16FN5O3. The van der Waals surface area contributed by atoms with Gasteiger partial charge in [-0.15, -0.1) is 0 Å². The number of aromatic nitrogens is 4. The minimum absolute atomic E-state index is 0.0125. The fourth-order valence-corrected chi connectivity index (χ4v) is 2.69. The summed E-state index contributed by atoms with van der Waals surface area (Å²) in [5.41, 5.74) is 0.754. The first-order chi connectivity index (χ1) is 13.5. The molecule has 3 aromatic heterocycles. The number of para-hydroxylation sites is 1. The highest BCUT2D eigenvalue weighted by molar-refractivity contribution is 5.76. The molecule has 142 valence electrons. The summed E-state index contributed by atoms with van der Waals surface area (Å²) in [4.78, 5) is 21.2. The van der Waals surface area contributed by atoms with Crippen LogP contribution < -0.4 is 15.6 Å². The van der Waals surface area contributed by atoms with E-state index in [4.69, 9.17) is 9.26 Å². The number of benzene rings is 1. The maximum atomic E-state index is 13.8. The average molecular weight is 381 g/mol. The number of rotatable bonds is 5. The summed E-state index contributed by atoms with van der Waals surface area (Å²) >= 11 is 0. The van der Waals surface area contributed by atoms with Gasteiger partial charge in [0.15, 0.2) is 23.1 Å². The van der Waals surface area contributed by atoms with Crippen molar-refractivity contribution in [1.82, 2.24) is 19.7 Å². The molecule has 4 aromatic rings. The number of hydrogen-bond donors (Lipinski definition) is 1. The molecular weight excluding hydrogens is 365 g/mol. The van der Waals surface area contributed by atoms with Crippen molar-refractivity contribution in [3.63, 3.8) is 0 Å². The van der Waals surface area contributed by atoms with Crippen LogP contribution in [0.4, 0.5) is 10.3 Å². The van der Waals surface area contributed by atoms with E-state index in [1.54, 1.807) is 31.4 Å². The van der Waals surface area contributed by atoms with E-state index in [1.807, 2.05) is 6.92 Å². The van der Waals surface area contributed by atoms with E-state index in [9.17, 15) is 9.18 Å². The van der Waals surface area contributed by atoms with Crippen molar-refractivity contribution in [3.8, 4) is 11.5 Å². The predicted octanol–water partition coefficient (Wildman–Crippen LogP) is 3.17. The Morgan fingerprint density at radius 3 is 2.82 bits per heavy atom. The summed E-state index contributed by atoms with van der Waals surface area (Å²) < 4.78 is 25.7. The number of nitrogens with one attached hydrogen (secondary N) is 1. The van der Waals surface area contributed by atoms with E-state index in [-0.39, 0.29) is 11.5 Å². The van der Waals surface area contributed by atoms with Crippen molar-refractivity contribution in [2.24, 2.45) is 7.05 Å². The summed E-state index contributed by atoms with van der Waals surface area (Å²) in [7, 11) is 1.56. The zero-order chi connectivity index (χ0) is 19.7. The van der Waals surface area contributed by atoms with E-state index < -0.39 is 11.4 Å². The summed E-state index contributed by atoms with van der Waals surface area (Å²) in [6.45, 7) is 2.19. The molecule has 0 saturated carbocycles. The standard InChI is InChI=1S/C19H16FN5O3/c1-11-7-13(28-24-11)10-22-19-21-9-12-8-16(18(26)25(2)17(12)23-19)27-15-6-4-3-5-14(15)20/h3-9H,10H2,1-2H3,(H,21,22,23). The quantitative estimate of drug-likeness (QED) is 0.567. The molecule has 0 unspecified atom stereocenters. The van der Waals surface area contributed by atoms with Crippen LogP contribution in [-0.2, 0) is 13.6 Å². The molecule has 9 heteroatoms. The molecule has 3 heterocycles. The Balaban J connectivity index is 1.64. The van der Waals surface area contributed by atoms with Crippen LogP contribution in [0, 0.1) is 12.7 Å². The zero-order valence-electron chi connectivity index (χ0n) is 15.1. The number of ether oxygens (including phenoxy) is 1. The van der Waals surface area contributed by atoms with Gasteiger partial charge in [-0.25, -0.2) is 9.37 Å². The topological polar surface area (TPSA) is 95.1 Å². The highest BCUT2D eigenvalue weighted by Crippen LogP contribution is 2.24. The molecule has 0 radical (unpaired) electrons. The lowest BCUT2D eigenvalue weighted by Gasteiger charge is -2.11. The molecule has 0 amide bonds. The fraction of sp³-hybridized carbons (Fsp3) is 0.158. The Morgan fingerprint density at radius 1 is 1.25 bits per heavy atom. The maximum Gasteiger partial charge on any atom is 0.294 e. The third-order valence-electron chi connectivity index (χ3n) is 4.07. The minimum atomic E-state index is -0.553. The molecule has 8 nitrogen and oxygen atoms in total. The SMILES string of the molecule is Cc1cc(CNc2ncc3cc(Oc4ccccc4F)c(=O)n(C)c3n2)on1. The van der Waals surface area contributed by atoms with Crippen LogP contribution in [0.3, 0.4) is 0 Å². The van der Waals surface area contributed by atoms with E-state index in [1.165, 1.54) is 22.8 Å². The van der Waals surface area contributed by atoms with Crippen LogP contribution in [-0.4, -0.2) is 19.7 Å². The van der Waals surface area contributed by atoms with Crippen molar-refractivity contribution >= 4 is 17.0 Å². The van der Waals surface area contributed by atoms with Gasteiger partial charge in [-0.3, -0.25) is 9.36 Å². The smallest absolute Gasteiger partial charge is 0.294 e. The Hall–Kier alpha value is -3.75. The van der Waals surface area contributed by atoms with Crippen LogP contribution in [0.15, 0.2) is 51.9 Å². The van der Waals surface area contributed by atoms with Gasteiger partial charge < -0.3 is 14.6 Å². The molecule has 1 aromatic carbocycles. The lowest BCUT2D eigenvalue weighted by atomic mass is 10.3. The monoisotopic (exact) mass is 381 g/mol. The first kappa shape index (κ1) is 17.7. The second kappa shape index (κ2) is 7.10. The number of nitrogens with zero attached hydrogens (tertiary/aromatic N) is 4. The van der Waals surface area contributed by atoms with Crippen molar-refractivity contribution in [1.29, 1.82) is 0 Å². The second-order valence-corrected chi connectivity index (χ2v) is 6.17. The largest absolute Gasteiger partial charge is 0.448 e. The Bertz CT molecular complexity index is 1220. The summed E-state index contributed by atoms with van der Waals surface area (Å²) in [6.07, 6.45) is 1.56. The molecule has 0 aliphatic carbocycles. The molecule has 28 heavy (non-hydrogen) atoms. The zero-order valence-corrected chi connectivity index (χ0v) is 15.1. The molecule has 0 aliphatic heterocycles. The number of hydrogen-bond acceptors (Lipinski definition) is 7. The summed E-state index contributed by atoms with van der Waals surface area (Å²) in [5.74, 6) is 0.383. The van der Waals surface area contributed by atoms with E-state index in [0.29, 0.717) is 29.3 Å². The first-order valence-corrected chi connectivity index (χ1v) is 8.46. The second-order valence-electron chi connectivity index (χ2n) is 6.17. The van der Waals surface area contributed by atoms with E-state index >= 15 is 0 Å². The predicted molar refractivity (Wildman–Crippen MR) is 99.8 cm³/mol. The van der Waals surface area contributed by atoms with Gasteiger partial charge in [0.25, 0.3) is 5.56 Å². The van der Waals surface area contributed by atoms with Gasteiger partial charge in [-0.2, -0.15) is 4.98 Å². The van der Waals surface area contributed by atoms with Gasteiger partial charge >= 0.3 is 0 Å². The molecule has 4 rings (SSSR count). The molecule has 0 aliphatic rings. The number of halogens is 1. The Labute approximate surface area is 158 Å². The molecule has 0 bridgehead atoms. The van der Waals surface area contributed by atoms with Crippen molar-refractivity contribution in [2.75, 3.05) is 5.32 Å². The third-order valence-corrected chi connectivity index (χ3v) is 4.07. The minimum Gasteiger partial charge on any atom is -0.448 e. The Morgan fingerprint density at radius 2 is 2.07 bits per heavy atom. The van der Waals surface area contributed by atoms with Crippen LogP contribution in [0.2, 0.25) is 0 Å². The number of aryl methyl sites for hydroxylation is 2. The van der Waals surface area contributed by atoms with Crippen LogP contribution in [0.25, 0.3) is 11.0 Å². The number of anilines is 1. The average Bonchev–Trinajstić information content (AvgIpc) is 3.11. The fourth-order valence-electron chi connectivity index (χ4n) is 2.69. The van der Waals surface area contributed by atoms with Crippen LogP contribution in [0.5, 0.6) is 11.5 Å². The van der Waals surface area contributed by atoms with Crippen molar-refractivity contribution in [3.05, 3.63) is 70.2 Å².